The third kappa shape index (κ3) is 3.41. The number of aromatic amines is 1. The van der Waals surface area contributed by atoms with Crippen LogP contribution in [-0.2, 0) is 6.54 Å². The molecular weight excluding hydrogens is 288 g/mol. The van der Waals surface area contributed by atoms with Crippen molar-refractivity contribution in [3.05, 3.63) is 36.0 Å². The van der Waals surface area contributed by atoms with Crippen LogP contribution >= 0.6 is 0 Å². The van der Waals surface area contributed by atoms with Crippen molar-refractivity contribution >= 4 is 0 Å². The van der Waals surface area contributed by atoms with Crippen molar-refractivity contribution < 1.29 is 4.74 Å². The molecule has 1 atom stereocenters. The molecule has 1 unspecified atom stereocenters. The van der Waals surface area contributed by atoms with Crippen LogP contribution in [-0.4, -0.2) is 41.3 Å². The number of piperidine rings is 1. The molecule has 1 aromatic heterocycles. The molecule has 3 N–H and O–H groups in total. The number of aromatic nitrogens is 2. The smallest absolute Gasteiger partial charge is 0.118 e. The monoisotopic (exact) mass is 314 g/mol. The van der Waals surface area contributed by atoms with Crippen LogP contribution < -0.4 is 10.5 Å². The highest BCUT2D eigenvalue weighted by Gasteiger charge is 2.33. The first-order chi connectivity index (χ1) is 11.0. The van der Waals surface area contributed by atoms with Gasteiger partial charge in [0.1, 0.15) is 5.75 Å². The molecule has 0 saturated carbocycles. The molecule has 1 saturated heterocycles. The van der Waals surface area contributed by atoms with Gasteiger partial charge in [0, 0.05) is 36.8 Å². The van der Waals surface area contributed by atoms with E-state index in [2.05, 4.69) is 41.1 Å². The van der Waals surface area contributed by atoms with Gasteiger partial charge in [0.2, 0.25) is 0 Å². The number of nitrogens with zero attached hydrogens (tertiary/aromatic N) is 2. The quantitative estimate of drug-likeness (QED) is 0.910. The average molecular weight is 314 g/mol. The Morgan fingerprint density at radius 2 is 2.09 bits per heavy atom. The van der Waals surface area contributed by atoms with Crippen molar-refractivity contribution in [3.63, 3.8) is 0 Å². The largest absolute Gasteiger partial charge is 0.497 e. The second-order valence-electron chi connectivity index (χ2n) is 7.09. The predicted molar refractivity (Wildman–Crippen MR) is 92.2 cm³/mol. The molecule has 3 rings (SSSR count). The Bertz CT molecular complexity index is 647. The minimum atomic E-state index is 0.155. The number of hydrogen-bond donors (Lipinski definition) is 2. The van der Waals surface area contributed by atoms with Gasteiger partial charge in [-0.25, -0.2) is 0 Å². The van der Waals surface area contributed by atoms with Crippen LogP contribution in [0.15, 0.2) is 30.5 Å². The van der Waals surface area contributed by atoms with Crippen LogP contribution in [0.5, 0.6) is 5.75 Å². The number of hydrogen-bond acceptors (Lipinski definition) is 4. The molecule has 0 radical (unpaired) electrons. The van der Waals surface area contributed by atoms with Crippen LogP contribution in [0.2, 0.25) is 0 Å². The fraction of sp³-hybridized carbons (Fsp3) is 0.500. The normalized spacial score (nSPS) is 21.3. The van der Waals surface area contributed by atoms with Gasteiger partial charge in [0.25, 0.3) is 0 Å². The summed E-state index contributed by atoms with van der Waals surface area (Å²) in [6.45, 7) is 7.46. The average Bonchev–Trinajstić information content (AvgIpc) is 2.99. The molecule has 23 heavy (non-hydrogen) atoms. The van der Waals surface area contributed by atoms with Crippen LogP contribution in [0.1, 0.15) is 25.8 Å². The van der Waals surface area contributed by atoms with Gasteiger partial charge in [0.05, 0.1) is 19.0 Å². The van der Waals surface area contributed by atoms with Gasteiger partial charge >= 0.3 is 0 Å². The van der Waals surface area contributed by atoms with E-state index in [0.29, 0.717) is 0 Å². The Morgan fingerprint density at radius 1 is 1.35 bits per heavy atom. The molecule has 5 heteroatoms. The lowest BCUT2D eigenvalue weighted by Crippen LogP contribution is -2.52. The maximum atomic E-state index is 6.24. The van der Waals surface area contributed by atoms with E-state index in [1.54, 1.807) is 7.11 Å². The summed E-state index contributed by atoms with van der Waals surface area (Å²) in [5.41, 5.74) is 9.83. The van der Waals surface area contributed by atoms with Crippen molar-refractivity contribution in [2.24, 2.45) is 11.1 Å². The SMILES string of the molecule is COc1ccc(-c2[nH]ncc2CN2CCC(N)C(C)(C)C2)cc1. The molecule has 1 aliphatic rings. The number of H-pyrrole nitrogens is 1. The van der Waals surface area contributed by atoms with Crippen LogP contribution in [0.4, 0.5) is 0 Å². The highest BCUT2D eigenvalue weighted by Crippen LogP contribution is 2.30. The number of nitrogens with two attached hydrogens (primary N) is 1. The van der Waals surface area contributed by atoms with Gasteiger partial charge in [-0.05, 0) is 36.1 Å². The Morgan fingerprint density at radius 3 is 2.74 bits per heavy atom. The number of nitrogens with one attached hydrogen (secondary N) is 1. The highest BCUT2D eigenvalue weighted by molar-refractivity contribution is 5.63. The van der Waals surface area contributed by atoms with Crippen LogP contribution in [0, 0.1) is 5.41 Å². The third-order valence-electron chi connectivity index (χ3n) is 4.88. The first-order valence-corrected chi connectivity index (χ1v) is 8.14. The lowest BCUT2D eigenvalue weighted by Gasteiger charge is -2.42. The van der Waals surface area contributed by atoms with Crippen molar-refractivity contribution in [2.75, 3.05) is 20.2 Å². The lowest BCUT2D eigenvalue weighted by molar-refractivity contribution is 0.0900. The minimum Gasteiger partial charge on any atom is -0.497 e. The molecular formula is C18H26N4O. The Hall–Kier alpha value is -1.85. The summed E-state index contributed by atoms with van der Waals surface area (Å²) in [6.07, 6.45) is 2.98. The summed E-state index contributed by atoms with van der Waals surface area (Å²) >= 11 is 0. The molecule has 1 fully saturated rings. The Labute approximate surface area is 137 Å². The topological polar surface area (TPSA) is 67.2 Å². The zero-order chi connectivity index (χ0) is 16.4. The number of rotatable bonds is 4. The molecule has 0 bridgehead atoms. The van der Waals surface area contributed by atoms with Crippen LogP contribution in [0.3, 0.4) is 0 Å². The zero-order valence-electron chi connectivity index (χ0n) is 14.2. The van der Waals surface area contributed by atoms with Crippen molar-refractivity contribution in [1.82, 2.24) is 15.1 Å². The molecule has 0 aliphatic carbocycles. The molecule has 1 aromatic carbocycles. The maximum Gasteiger partial charge on any atom is 0.118 e. The lowest BCUT2D eigenvalue weighted by atomic mass is 9.79. The second-order valence-corrected chi connectivity index (χ2v) is 7.09. The third-order valence-corrected chi connectivity index (χ3v) is 4.88. The fourth-order valence-corrected chi connectivity index (χ4v) is 3.30. The van der Waals surface area contributed by atoms with E-state index in [0.717, 1.165) is 43.1 Å². The van der Waals surface area contributed by atoms with E-state index in [9.17, 15) is 0 Å². The summed E-state index contributed by atoms with van der Waals surface area (Å²) in [6, 6.07) is 8.35. The number of methoxy groups -OCH3 is 1. The van der Waals surface area contributed by atoms with E-state index in [1.165, 1.54) is 5.56 Å². The molecule has 5 nitrogen and oxygen atoms in total. The van der Waals surface area contributed by atoms with Gasteiger partial charge in [-0.2, -0.15) is 5.10 Å². The Kier molecular flexibility index (Phi) is 4.41. The van der Waals surface area contributed by atoms with Gasteiger partial charge < -0.3 is 10.5 Å². The van der Waals surface area contributed by atoms with Gasteiger partial charge in [-0.1, -0.05) is 13.8 Å². The molecule has 0 amide bonds. The molecule has 2 heterocycles. The molecule has 124 valence electrons. The summed E-state index contributed by atoms with van der Waals surface area (Å²) in [7, 11) is 1.68. The summed E-state index contributed by atoms with van der Waals surface area (Å²) in [4.78, 5) is 2.47. The highest BCUT2D eigenvalue weighted by atomic mass is 16.5. The second kappa shape index (κ2) is 6.34. The first-order valence-electron chi connectivity index (χ1n) is 8.14. The van der Waals surface area contributed by atoms with Crippen molar-refractivity contribution in [3.8, 4) is 17.0 Å². The van der Waals surface area contributed by atoms with E-state index < -0.39 is 0 Å². The molecule has 0 spiro atoms. The van der Waals surface area contributed by atoms with E-state index >= 15 is 0 Å². The summed E-state index contributed by atoms with van der Waals surface area (Å²) < 4.78 is 5.23. The minimum absolute atomic E-state index is 0.155. The van der Waals surface area contributed by atoms with E-state index in [1.807, 2.05) is 18.3 Å². The molecule has 1 aliphatic heterocycles. The summed E-state index contributed by atoms with van der Waals surface area (Å²) in [5.74, 6) is 0.863. The number of benzene rings is 1. The summed E-state index contributed by atoms with van der Waals surface area (Å²) in [5, 5.41) is 7.39. The first kappa shape index (κ1) is 16.0. The van der Waals surface area contributed by atoms with E-state index in [-0.39, 0.29) is 11.5 Å². The van der Waals surface area contributed by atoms with E-state index in [4.69, 9.17) is 10.5 Å². The maximum absolute atomic E-state index is 6.24. The fourth-order valence-electron chi connectivity index (χ4n) is 3.30. The zero-order valence-corrected chi connectivity index (χ0v) is 14.2. The van der Waals surface area contributed by atoms with Gasteiger partial charge in [-0.3, -0.25) is 10.00 Å². The molecule has 2 aromatic rings. The predicted octanol–water partition coefficient (Wildman–Crippen LogP) is 2.64. The van der Waals surface area contributed by atoms with Gasteiger partial charge in [-0.15, -0.1) is 0 Å². The van der Waals surface area contributed by atoms with Crippen molar-refractivity contribution in [2.45, 2.75) is 32.9 Å². The van der Waals surface area contributed by atoms with Gasteiger partial charge in [0.15, 0.2) is 0 Å². The Balaban J connectivity index is 1.76. The van der Waals surface area contributed by atoms with Crippen LogP contribution in [0.25, 0.3) is 11.3 Å². The standard InChI is InChI=1S/C18H26N4O/c1-18(2)12-22(9-8-16(18)19)11-14-10-20-21-17(14)13-4-6-15(23-3)7-5-13/h4-7,10,16H,8-9,11-12,19H2,1-3H3,(H,20,21). The number of likely N-dealkylation sites (tertiary alicyclic amines) is 1. The van der Waals surface area contributed by atoms with Crippen molar-refractivity contribution in [1.29, 1.82) is 0 Å². The number of ether oxygens (including phenoxy) is 1.